The van der Waals surface area contributed by atoms with Crippen LogP contribution in [0.15, 0.2) is 18.5 Å². The van der Waals surface area contributed by atoms with Gasteiger partial charge >= 0.3 is 6.18 Å². The van der Waals surface area contributed by atoms with Crippen molar-refractivity contribution < 1.29 is 17.4 Å². The van der Waals surface area contributed by atoms with E-state index in [-0.39, 0.29) is 10.8 Å². The Morgan fingerprint density at radius 2 is 2.19 bits per heavy atom. The molecule has 0 amide bonds. The fourth-order valence-electron chi connectivity index (χ4n) is 1.76. The van der Waals surface area contributed by atoms with Crippen molar-refractivity contribution in [2.75, 3.05) is 18.1 Å². The molecule has 0 aliphatic carbocycles. The molecule has 0 bridgehead atoms. The molecule has 0 aromatic carbocycles. The van der Waals surface area contributed by atoms with Crippen molar-refractivity contribution in [3.8, 4) is 0 Å². The second-order valence-corrected chi connectivity index (χ2v) is 6.46. The van der Waals surface area contributed by atoms with Crippen LogP contribution in [-0.4, -0.2) is 36.9 Å². The summed E-state index contributed by atoms with van der Waals surface area (Å²) in [6.07, 6.45) is 0.503. The number of alkyl halides is 3. The molecule has 9 heteroatoms. The Bertz CT molecular complexity index is 655. The van der Waals surface area contributed by atoms with Gasteiger partial charge in [-0.15, -0.1) is 0 Å². The van der Waals surface area contributed by atoms with E-state index < -0.39 is 22.7 Å². The zero-order chi connectivity index (χ0) is 15.6. The summed E-state index contributed by atoms with van der Waals surface area (Å²) in [5, 5.41) is 6.45. The van der Waals surface area contributed by atoms with Gasteiger partial charge in [0.05, 0.1) is 0 Å². The molecule has 2 atom stereocenters. The van der Waals surface area contributed by atoms with Crippen molar-refractivity contribution in [3.63, 3.8) is 0 Å². The van der Waals surface area contributed by atoms with Crippen molar-refractivity contribution in [1.29, 1.82) is 0 Å². The minimum Gasteiger partial charge on any atom is -0.368 e. The fourth-order valence-corrected chi connectivity index (χ4v) is 2.21. The second-order valence-electron chi connectivity index (χ2n) is 4.66. The summed E-state index contributed by atoms with van der Waals surface area (Å²) in [6.45, 7) is 2.33. The van der Waals surface area contributed by atoms with Gasteiger partial charge < -0.3 is 5.32 Å². The van der Waals surface area contributed by atoms with Crippen LogP contribution in [0.5, 0.6) is 0 Å². The molecule has 0 aliphatic heterocycles. The lowest BCUT2D eigenvalue weighted by Gasteiger charge is -2.10. The summed E-state index contributed by atoms with van der Waals surface area (Å²) in [5.41, 5.74) is -0.698. The van der Waals surface area contributed by atoms with Gasteiger partial charge in [0.1, 0.15) is 5.52 Å². The number of halogens is 3. The van der Waals surface area contributed by atoms with Gasteiger partial charge in [0.15, 0.2) is 11.5 Å². The summed E-state index contributed by atoms with van der Waals surface area (Å²) in [7, 11) is -0.930. The third-order valence-corrected chi connectivity index (χ3v) is 4.46. The topological polar surface area (TPSA) is 59.3 Å². The smallest absolute Gasteiger partial charge is 0.368 e. The van der Waals surface area contributed by atoms with Crippen LogP contribution < -0.4 is 5.32 Å². The lowest BCUT2D eigenvalue weighted by molar-refractivity contribution is -0.141. The van der Waals surface area contributed by atoms with Gasteiger partial charge in [-0.05, 0) is 6.42 Å². The van der Waals surface area contributed by atoms with Crippen LogP contribution in [0, 0.1) is 0 Å². The number of rotatable bonds is 5. The lowest BCUT2D eigenvalue weighted by Crippen LogP contribution is -2.15. The zero-order valence-electron chi connectivity index (χ0n) is 11.5. The number of aromatic nitrogens is 3. The molecule has 2 unspecified atom stereocenters. The summed E-state index contributed by atoms with van der Waals surface area (Å²) >= 11 is 0. The molecule has 0 saturated heterocycles. The third kappa shape index (κ3) is 3.72. The monoisotopic (exact) mass is 320 g/mol. The van der Waals surface area contributed by atoms with E-state index in [0.717, 1.165) is 10.6 Å². The summed E-state index contributed by atoms with van der Waals surface area (Å²) in [4.78, 5) is 4.03. The quantitative estimate of drug-likeness (QED) is 0.918. The van der Waals surface area contributed by atoms with Gasteiger partial charge in [0.2, 0.25) is 0 Å². The SMILES string of the molecule is CC(CCNc1nccn2nc(C(F)(F)F)cc12)S(C)=O. The molecule has 2 rings (SSSR count). The average molecular weight is 320 g/mol. The molecule has 21 heavy (non-hydrogen) atoms. The molecule has 0 spiro atoms. The predicted octanol–water partition coefficient (Wildman–Crippen LogP) is 2.32. The molecule has 2 aromatic heterocycles. The van der Waals surface area contributed by atoms with Crippen molar-refractivity contribution in [2.45, 2.75) is 24.8 Å². The molecule has 0 radical (unpaired) electrons. The van der Waals surface area contributed by atoms with E-state index >= 15 is 0 Å². The van der Waals surface area contributed by atoms with Crippen LogP contribution in [-0.2, 0) is 17.0 Å². The molecule has 0 aliphatic rings. The van der Waals surface area contributed by atoms with E-state index in [4.69, 9.17) is 0 Å². The molecule has 1 N–H and O–H groups in total. The van der Waals surface area contributed by atoms with Crippen LogP contribution in [0.4, 0.5) is 19.0 Å². The standard InChI is InChI=1S/C12H15F3N4OS/c1-8(21(2)20)3-4-16-11-9-7-10(12(13,14)15)18-19(9)6-5-17-11/h5-8H,3-4H2,1-2H3,(H,16,17). The van der Waals surface area contributed by atoms with Gasteiger partial charge in [-0.3, -0.25) is 4.21 Å². The first-order valence-corrected chi connectivity index (χ1v) is 7.89. The largest absolute Gasteiger partial charge is 0.435 e. The Morgan fingerprint density at radius 1 is 1.48 bits per heavy atom. The van der Waals surface area contributed by atoms with Crippen molar-refractivity contribution in [1.82, 2.24) is 14.6 Å². The summed E-state index contributed by atoms with van der Waals surface area (Å²) in [5.74, 6) is 0.328. The minimum atomic E-state index is -4.49. The summed E-state index contributed by atoms with van der Waals surface area (Å²) < 4.78 is 50.3. The second kappa shape index (κ2) is 6.00. The molecule has 5 nitrogen and oxygen atoms in total. The van der Waals surface area contributed by atoms with E-state index in [1.54, 1.807) is 6.26 Å². The van der Waals surface area contributed by atoms with Gasteiger partial charge in [-0.1, -0.05) is 6.92 Å². The Labute approximate surface area is 122 Å². The number of fused-ring (bicyclic) bond motifs is 1. The highest BCUT2D eigenvalue weighted by Gasteiger charge is 2.34. The highest BCUT2D eigenvalue weighted by atomic mass is 32.2. The first-order chi connectivity index (χ1) is 9.79. The van der Waals surface area contributed by atoms with Crippen molar-refractivity contribution in [2.24, 2.45) is 0 Å². The summed E-state index contributed by atoms with van der Waals surface area (Å²) in [6, 6.07) is 0.955. The number of anilines is 1. The van der Waals surface area contributed by atoms with Crippen LogP contribution in [0.25, 0.3) is 5.52 Å². The predicted molar refractivity (Wildman–Crippen MR) is 74.6 cm³/mol. The number of hydrogen-bond acceptors (Lipinski definition) is 4. The van der Waals surface area contributed by atoms with Gasteiger partial charge in [-0.2, -0.15) is 18.3 Å². The van der Waals surface area contributed by atoms with Crippen molar-refractivity contribution in [3.05, 3.63) is 24.2 Å². The highest BCUT2D eigenvalue weighted by Crippen LogP contribution is 2.29. The maximum Gasteiger partial charge on any atom is 0.435 e. The molecular weight excluding hydrogens is 305 g/mol. The Kier molecular flexibility index (Phi) is 4.50. The van der Waals surface area contributed by atoms with Crippen LogP contribution in [0.3, 0.4) is 0 Å². The average Bonchev–Trinajstić information content (AvgIpc) is 2.83. The van der Waals surface area contributed by atoms with Crippen LogP contribution >= 0.6 is 0 Å². The normalized spacial score (nSPS) is 15.1. The van der Waals surface area contributed by atoms with Crippen LogP contribution in [0.2, 0.25) is 0 Å². The fraction of sp³-hybridized carbons (Fsp3) is 0.500. The maximum atomic E-state index is 12.7. The van der Waals surface area contributed by atoms with E-state index in [9.17, 15) is 17.4 Å². The molecular formula is C12H15F3N4OS. The third-order valence-electron chi connectivity index (χ3n) is 3.09. The Hall–Kier alpha value is -1.64. The first kappa shape index (κ1) is 15.7. The van der Waals surface area contributed by atoms with Gasteiger partial charge in [0.25, 0.3) is 0 Å². The van der Waals surface area contributed by atoms with Crippen molar-refractivity contribution >= 4 is 22.1 Å². The highest BCUT2D eigenvalue weighted by molar-refractivity contribution is 7.84. The molecule has 2 aromatic rings. The van der Waals surface area contributed by atoms with Gasteiger partial charge in [-0.25, -0.2) is 9.50 Å². The Morgan fingerprint density at radius 3 is 2.81 bits per heavy atom. The first-order valence-electron chi connectivity index (χ1n) is 6.26. The van der Waals surface area contributed by atoms with E-state index in [2.05, 4.69) is 15.4 Å². The lowest BCUT2D eigenvalue weighted by atomic mass is 10.3. The van der Waals surface area contributed by atoms with E-state index in [1.165, 1.54) is 12.4 Å². The number of nitrogens with one attached hydrogen (secondary N) is 1. The molecule has 0 fully saturated rings. The number of nitrogens with zero attached hydrogens (tertiary/aromatic N) is 3. The number of hydrogen-bond donors (Lipinski definition) is 1. The maximum absolute atomic E-state index is 12.7. The van der Waals surface area contributed by atoms with E-state index in [1.807, 2.05) is 6.92 Å². The van der Waals surface area contributed by atoms with Gasteiger partial charge in [0, 0.05) is 47.3 Å². The molecule has 0 saturated carbocycles. The zero-order valence-corrected chi connectivity index (χ0v) is 12.3. The molecule has 116 valence electrons. The minimum absolute atomic E-state index is 0.00730. The van der Waals surface area contributed by atoms with Crippen LogP contribution in [0.1, 0.15) is 19.0 Å². The molecule has 2 heterocycles. The van der Waals surface area contributed by atoms with E-state index in [0.29, 0.717) is 18.8 Å². The Balaban J connectivity index is 2.17.